The molecule has 0 saturated heterocycles. The van der Waals surface area contributed by atoms with E-state index in [0.29, 0.717) is 0 Å². The Hall–Kier alpha value is -1.94. The molecule has 1 aromatic rings. The third kappa shape index (κ3) is 9.44. The van der Waals surface area contributed by atoms with Crippen molar-refractivity contribution in [2.75, 3.05) is 0 Å². The van der Waals surface area contributed by atoms with Crippen molar-refractivity contribution in [2.24, 2.45) is 5.92 Å². The van der Waals surface area contributed by atoms with E-state index < -0.39 is 13.9 Å². The van der Waals surface area contributed by atoms with Crippen molar-refractivity contribution < 1.29 is 9.53 Å². The summed E-state index contributed by atoms with van der Waals surface area (Å²) in [6.07, 6.45) is 9.62. The Kier molecular flexibility index (Phi) is 12.1. The minimum Gasteiger partial charge on any atom is -0.508 e. The summed E-state index contributed by atoms with van der Waals surface area (Å²) in [4.78, 5) is 0. The summed E-state index contributed by atoms with van der Waals surface area (Å²) in [6, 6.07) is 7.46. The molecule has 0 aliphatic rings. The van der Waals surface area contributed by atoms with Crippen molar-refractivity contribution in [3.63, 3.8) is 0 Å². The van der Waals surface area contributed by atoms with E-state index in [1.54, 1.807) is 12.1 Å². The van der Waals surface area contributed by atoms with Gasteiger partial charge < -0.3 is 9.53 Å². The summed E-state index contributed by atoms with van der Waals surface area (Å²) >= 11 is 0. The molecule has 1 unspecified atom stereocenters. The molecule has 0 aliphatic carbocycles. The van der Waals surface area contributed by atoms with Crippen LogP contribution in [0, 0.1) is 29.6 Å². The average molecular weight is 467 g/mol. The molecule has 182 valence electrons. The molecule has 1 atom stereocenters. The fourth-order valence-electron chi connectivity index (χ4n) is 3.35. The summed E-state index contributed by atoms with van der Waals surface area (Å²) in [6.45, 7) is 19.8. The number of phenolic OH excluding ortho intramolecular Hbond substituents is 1. The molecule has 1 rings (SSSR count). The third-order valence-corrected chi connectivity index (χ3v) is 11.0. The summed E-state index contributed by atoms with van der Waals surface area (Å²) in [7, 11) is -2.17. The van der Waals surface area contributed by atoms with Crippen LogP contribution in [0.1, 0.15) is 85.1 Å². The van der Waals surface area contributed by atoms with Crippen molar-refractivity contribution >= 4 is 8.32 Å². The molecule has 0 radical (unpaired) electrons. The molecule has 0 fully saturated rings. The molecule has 2 nitrogen and oxygen atoms in total. The smallest absolute Gasteiger partial charge is 0.195 e. The maximum absolute atomic E-state index is 9.75. The first kappa shape index (κ1) is 29.1. The fourth-order valence-corrected chi connectivity index (χ4v) is 4.73. The van der Waals surface area contributed by atoms with E-state index in [1.165, 1.54) is 0 Å². The average Bonchev–Trinajstić information content (AvgIpc) is 2.74. The van der Waals surface area contributed by atoms with Gasteiger partial charge in [0.1, 0.15) is 5.75 Å². The van der Waals surface area contributed by atoms with Gasteiger partial charge in [0.2, 0.25) is 0 Å². The second-order valence-corrected chi connectivity index (χ2v) is 15.2. The lowest BCUT2D eigenvalue weighted by molar-refractivity contribution is 0.104. The van der Waals surface area contributed by atoms with Crippen LogP contribution < -0.4 is 0 Å². The summed E-state index contributed by atoms with van der Waals surface area (Å²) < 4.78 is 7.16. The molecule has 1 aromatic carbocycles. The molecule has 0 amide bonds. The van der Waals surface area contributed by atoms with Crippen molar-refractivity contribution in [2.45, 2.75) is 110 Å². The topological polar surface area (TPSA) is 29.5 Å². The molecule has 0 heterocycles. The van der Waals surface area contributed by atoms with Crippen molar-refractivity contribution in [1.82, 2.24) is 0 Å². The summed E-state index contributed by atoms with van der Waals surface area (Å²) in [5, 5.41) is 9.80. The molecule has 0 spiro atoms. The van der Waals surface area contributed by atoms with Gasteiger partial charge in [0.15, 0.2) is 13.9 Å². The lowest BCUT2D eigenvalue weighted by Crippen LogP contribution is -2.52. The van der Waals surface area contributed by atoms with Crippen LogP contribution in [-0.4, -0.2) is 19.0 Å². The van der Waals surface area contributed by atoms with Crippen LogP contribution in [0.5, 0.6) is 5.75 Å². The zero-order valence-corrected chi connectivity index (χ0v) is 23.2. The molecule has 33 heavy (non-hydrogen) atoms. The Bertz CT molecular complexity index is 812. The van der Waals surface area contributed by atoms with Gasteiger partial charge in [-0.15, -0.1) is 6.58 Å². The predicted molar refractivity (Wildman–Crippen MR) is 146 cm³/mol. The lowest BCUT2D eigenvalue weighted by atomic mass is 9.81. The van der Waals surface area contributed by atoms with E-state index in [-0.39, 0.29) is 16.7 Å². The van der Waals surface area contributed by atoms with Gasteiger partial charge in [-0.1, -0.05) is 89.4 Å². The van der Waals surface area contributed by atoms with Crippen LogP contribution >= 0.6 is 0 Å². The molecule has 3 heteroatoms. The second-order valence-electron chi connectivity index (χ2n) is 10.5. The van der Waals surface area contributed by atoms with Crippen molar-refractivity contribution in [3.8, 4) is 29.4 Å². The SMILES string of the molecule is C=CCC(Cc1ccc(O)cc1)C(C#CCCCC)(C#CCCCC)O[Si](C)(C)C(C)(C)C. The largest absolute Gasteiger partial charge is 0.508 e. The van der Waals surface area contributed by atoms with Gasteiger partial charge in [0.25, 0.3) is 0 Å². The molecule has 0 bridgehead atoms. The first-order valence-electron chi connectivity index (χ1n) is 12.6. The summed E-state index contributed by atoms with van der Waals surface area (Å²) in [5.41, 5.74) is 0.310. The predicted octanol–water partition coefficient (Wildman–Crippen LogP) is 8.27. The number of unbranched alkanes of at least 4 members (excludes halogenated alkanes) is 4. The maximum Gasteiger partial charge on any atom is 0.195 e. The van der Waals surface area contributed by atoms with Crippen LogP contribution in [0.4, 0.5) is 0 Å². The fraction of sp³-hybridized carbons (Fsp3) is 0.600. The molecule has 0 aliphatic heterocycles. The highest BCUT2D eigenvalue weighted by Crippen LogP contribution is 2.42. The van der Waals surface area contributed by atoms with E-state index in [9.17, 15) is 5.11 Å². The van der Waals surface area contributed by atoms with Crippen LogP contribution in [0.2, 0.25) is 18.1 Å². The molecule has 0 aromatic heterocycles. The van der Waals surface area contributed by atoms with E-state index in [1.807, 2.05) is 18.2 Å². The second kappa shape index (κ2) is 13.7. The lowest BCUT2D eigenvalue weighted by Gasteiger charge is -2.44. The highest BCUT2D eigenvalue weighted by atomic mass is 28.4. The molecule has 0 saturated carbocycles. The number of benzene rings is 1. The Morgan fingerprint density at radius 3 is 1.94 bits per heavy atom. The van der Waals surface area contributed by atoms with E-state index in [4.69, 9.17) is 4.43 Å². The Balaban J connectivity index is 3.62. The van der Waals surface area contributed by atoms with Crippen LogP contribution in [0.15, 0.2) is 36.9 Å². The number of aromatic hydroxyl groups is 1. The minimum atomic E-state index is -2.17. The maximum atomic E-state index is 9.75. The van der Waals surface area contributed by atoms with Crippen molar-refractivity contribution in [3.05, 3.63) is 42.5 Å². The first-order valence-corrected chi connectivity index (χ1v) is 15.5. The number of hydrogen-bond acceptors (Lipinski definition) is 2. The van der Waals surface area contributed by atoms with Crippen LogP contribution in [-0.2, 0) is 10.8 Å². The van der Waals surface area contributed by atoms with Gasteiger partial charge in [-0.25, -0.2) is 0 Å². The van der Waals surface area contributed by atoms with Crippen molar-refractivity contribution in [1.29, 1.82) is 0 Å². The zero-order valence-electron chi connectivity index (χ0n) is 22.2. The van der Waals surface area contributed by atoms with Gasteiger partial charge in [-0.05, 0) is 61.5 Å². The number of hydrogen-bond donors (Lipinski definition) is 1. The standard InChI is InChI=1S/C30H46O2Si/c1-9-12-14-16-23-30(24-17-15-13-10-2,32-33(7,8)29(4,5)6)27(18-11-3)25-26-19-21-28(31)22-20-26/h11,19-22,27,31H,3,9-10,12-15,18,25H2,1-2,4-8H3. The van der Waals surface area contributed by atoms with Crippen LogP contribution in [0.3, 0.4) is 0 Å². The first-order chi connectivity index (χ1) is 15.5. The number of rotatable bonds is 11. The van der Waals surface area contributed by atoms with Gasteiger partial charge in [-0.2, -0.15) is 0 Å². The number of phenols is 1. The van der Waals surface area contributed by atoms with Gasteiger partial charge in [-0.3, -0.25) is 0 Å². The molecular weight excluding hydrogens is 420 g/mol. The highest BCUT2D eigenvalue weighted by Gasteiger charge is 2.47. The monoisotopic (exact) mass is 466 g/mol. The van der Waals surface area contributed by atoms with Crippen LogP contribution in [0.25, 0.3) is 0 Å². The van der Waals surface area contributed by atoms with E-state index in [2.05, 4.69) is 78.0 Å². The van der Waals surface area contributed by atoms with E-state index in [0.717, 1.165) is 56.9 Å². The Labute approximate surface area is 205 Å². The normalized spacial score (nSPS) is 12.8. The van der Waals surface area contributed by atoms with Gasteiger partial charge >= 0.3 is 0 Å². The Morgan fingerprint density at radius 1 is 1.00 bits per heavy atom. The van der Waals surface area contributed by atoms with Gasteiger partial charge in [0, 0.05) is 18.8 Å². The third-order valence-electron chi connectivity index (χ3n) is 6.53. The summed E-state index contributed by atoms with van der Waals surface area (Å²) in [5.74, 6) is 14.4. The zero-order chi connectivity index (χ0) is 25.0. The Morgan fingerprint density at radius 2 is 1.52 bits per heavy atom. The van der Waals surface area contributed by atoms with E-state index >= 15 is 0 Å². The van der Waals surface area contributed by atoms with Gasteiger partial charge in [0.05, 0.1) is 0 Å². The quantitative estimate of drug-likeness (QED) is 0.154. The minimum absolute atomic E-state index is 0.0473. The number of allylic oxidation sites excluding steroid dienone is 1. The highest BCUT2D eigenvalue weighted by molar-refractivity contribution is 6.74. The molecule has 1 N–H and O–H groups in total. The molecular formula is C30H46O2Si.